The van der Waals surface area contributed by atoms with E-state index in [0.29, 0.717) is 31.7 Å². The van der Waals surface area contributed by atoms with Crippen molar-refractivity contribution < 1.29 is 22.4 Å². The summed E-state index contributed by atoms with van der Waals surface area (Å²) in [5.41, 5.74) is 0.881. The number of rotatable bonds is 8. The maximum Gasteiger partial charge on any atom is 0.238 e. The van der Waals surface area contributed by atoms with Crippen LogP contribution in [0.5, 0.6) is 0 Å². The summed E-state index contributed by atoms with van der Waals surface area (Å²) in [6, 6.07) is 9.71. The molecule has 144 valence electrons. The lowest BCUT2D eigenvalue weighted by atomic mass is 10.1. The van der Waals surface area contributed by atoms with Crippen molar-refractivity contribution in [1.29, 1.82) is 0 Å². The molecule has 0 spiro atoms. The van der Waals surface area contributed by atoms with Crippen molar-refractivity contribution in [2.75, 3.05) is 6.54 Å². The van der Waals surface area contributed by atoms with Gasteiger partial charge in [-0.25, -0.2) is 13.6 Å². The Hall–Kier alpha value is -2.65. The number of carbonyl (C=O) groups is 2. The second-order valence-electron chi connectivity index (χ2n) is 6.48. The van der Waals surface area contributed by atoms with Crippen molar-refractivity contribution in [3.63, 3.8) is 0 Å². The molecule has 2 aromatic rings. The average Bonchev–Trinajstić information content (AvgIpc) is 3.27. The molecule has 4 N–H and O–H groups in total. The maximum atomic E-state index is 12.1. The Labute approximate surface area is 157 Å². The minimum Gasteiger partial charge on any atom is -0.467 e. The zero-order valence-corrected chi connectivity index (χ0v) is 15.4. The third kappa shape index (κ3) is 5.18. The molecule has 0 radical (unpaired) electrons. The molecular formula is C18H21N3O5S. The minimum absolute atomic E-state index is 0.0525. The molecule has 1 aromatic carbocycles. The monoisotopic (exact) mass is 391 g/mol. The summed E-state index contributed by atoms with van der Waals surface area (Å²) in [7, 11) is -3.70. The fraction of sp³-hybridized carbons (Fsp3) is 0.333. The quantitative estimate of drug-likeness (QED) is 0.604. The second kappa shape index (κ2) is 7.93. The first-order chi connectivity index (χ1) is 12.8. The highest BCUT2D eigenvalue weighted by atomic mass is 32.2. The molecule has 1 saturated carbocycles. The lowest BCUT2D eigenvalue weighted by Crippen LogP contribution is -2.31. The van der Waals surface area contributed by atoms with Crippen LogP contribution in [0.1, 0.15) is 17.7 Å². The van der Waals surface area contributed by atoms with E-state index in [1.54, 1.807) is 24.3 Å². The summed E-state index contributed by atoms with van der Waals surface area (Å²) >= 11 is 0. The third-order valence-electron chi connectivity index (χ3n) is 4.45. The molecule has 1 aliphatic carbocycles. The minimum atomic E-state index is -3.70. The van der Waals surface area contributed by atoms with Crippen molar-refractivity contribution in [2.45, 2.75) is 24.3 Å². The van der Waals surface area contributed by atoms with E-state index in [9.17, 15) is 18.0 Å². The number of hydrogen-bond acceptors (Lipinski definition) is 5. The van der Waals surface area contributed by atoms with E-state index in [1.165, 1.54) is 18.4 Å². The van der Waals surface area contributed by atoms with E-state index < -0.39 is 10.0 Å². The normalized spacial score (nSPS) is 18.7. The first-order valence-corrected chi connectivity index (χ1v) is 10.1. The first-order valence-electron chi connectivity index (χ1n) is 8.54. The van der Waals surface area contributed by atoms with E-state index in [2.05, 4.69) is 10.6 Å². The van der Waals surface area contributed by atoms with E-state index in [-0.39, 0.29) is 28.5 Å². The number of amides is 2. The van der Waals surface area contributed by atoms with E-state index in [0.717, 1.165) is 5.56 Å². The molecule has 2 amide bonds. The lowest BCUT2D eigenvalue weighted by Gasteiger charge is -2.06. The van der Waals surface area contributed by atoms with Crippen molar-refractivity contribution >= 4 is 21.8 Å². The van der Waals surface area contributed by atoms with Crippen molar-refractivity contribution in [3.8, 4) is 0 Å². The molecule has 2 unspecified atom stereocenters. The zero-order valence-electron chi connectivity index (χ0n) is 14.6. The number of benzene rings is 1. The predicted molar refractivity (Wildman–Crippen MR) is 96.7 cm³/mol. The van der Waals surface area contributed by atoms with Gasteiger partial charge >= 0.3 is 0 Å². The van der Waals surface area contributed by atoms with Gasteiger partial charge in [-0.1, -0.05) is 12.1 Å². The molecule has 2 atom stereocenters. The lowest BCUT2D eigenvalue weighted by molar-refractivity contribution is -0.127. The van der Waals surface area contributed by atoms with Crippen molar-refractivity contribution in [1.82, 2.24) is 10.6 Å². The number of sulfonamides is 1. The van der Waals surface area contributed by atoms with Gasteiger partial charge in [0.15, 0.2) is 0 Å². The fourth-order valence-corrected chi connectivity index (χ4v) is 3.32. The number of hydrogen-bond donors (Lipinski definition) is 3. The van der Waals surface area contributed by atoms with Gasteiger partial charge in [0.2, 0.25) is 21.8 Å². The van der Waals surface area contributed by atoms with Crippen LogP contribution in [0.3, 0.4) is 0 Å². The molecule has 1 aliphatic rings. The first kappa shape index (κ1) is 19.1. The third-order valence-corrected chi connectivity index (χ3v) is 5.37. The highest BCUT2D eigenvalue weighted by Crippen LogP contribution is 2.38. The highest BCUT2D eigenvalue weighted by Gasteiger charge is 2.47. The summed E-state index contributed by atoms with van der Waals surface area (Å²) in [5, 5.41) is 10.6. The van der Waals surface area contributed by atoms with Crippen molar-refractivity contribution in [2.24, 2.45) is 17.0 Å². The van der Waals surface area contributed by atoms with E-state index in [1.807, 2.05) is 0 Å². The van der Waals surface area contributed by atoms with Crippen LogP contribution in [-0.2, 0) is 32.6 Å². The Kier molecular flexibility index (Phi) is 5.62. The maximum absolute atomic E-state index is 12.1. The second-order valence-corrected chi connectivity index (χ2v) is 8.04. The molecular weight excluding hydrogens is 370 g/mol. The zero-order chi connectivity index (χ0) is 19.4. The Morgan fingerprint density at radius 1 is 1.07 bits per heavy atom. The van der Waals surface area contributed by atoms with Crippen LogP contribution in [0.4, 0.5) is 0 Å². The smallest absolute Gasteiger partial charge is 0.238 e. The van der Waals surface area contributed by atoms with Crippen LogP contribution in [0.2, 0.25) is 0 Å². The molecule has 1 heterocycles. The Bertz CT molecular complexity index is 907. The van der Waals surface area contributed by atoms with Gasteiger partial charge in [-0.3, -0.25) is 9.59 Å². The standard InChI is InChI=1S/C18H21N3O5S/c19-27(24,25)14-5-3-12(4-6-14)7-8-20-17(22)15-10-16(15)18(23)21-11-13-2-1-9-26-13/h1-6,9,15-16H,7-8,10-11H2,(H,20,22)(H,21,23)(H2,19,24,25). The van der Waals surface area contributed by atoms with Gasteiger partial charge in [0.1, 0.15) is 5.76 Å². The molecule has 0 saturated heterocycles. The molecule has 3 rings (SSSR count). The molecule has 0 bridgehead atoms. The molecule has 9 heteroatoms. The van der Waals surface area contributed by atoms with E-state index >= 15 is 0 Å². The SMILES string of the molecule is NS(=O)(=O)c1ccc(CCNC(=O)C2CC2C(=O)NCc2ccco2)cc1. The van der Waals surface area contributed by atoms with E-state index in [4.69, 9.17) is 9.56 Å². The van der Waals surface area contributed by atoms with Gasteiger partial charge in [-0.15, -0.1) is 0 Å². The highest BCUT2D eigenvalue weighted by molar-refractivity contribution is 7.89. The number of primary sulfonamides is 1. The number of nitrogens with one attached hydrogen (secondary N) is 2. The van der Waals surface area contributed by atoms with Gasteiger partial charge in [0.25, 0.3) is 0 Å². The van der Waals surface area contributed by atoms with Crippen molar-refractivity contribution in [3.05, 3.63) is 54.0 Å². The molecule has 1 aromatic heterocycles. The van der Waals surface area contributed by atoms with Gasteiger partial charge in [0, 0.05) is 6.54 Å². The summed E-state index contributed by atoms with van der Waals surface area (Å²) in [6.07, 6.45) is 2.63. The summed E-state index contributed by atoms with van der Waals surface area (Å²) in [4.78, 5) is 24.2. The molecule has 27 heavy (non-hydrogen) atoms. The van der Waals surface area contributed by atoms with Gasteiger partial charge < -0.3 is 15.1 Å². The van der Waals surface area contributed by atoms with Gasteiger partial charge in [-0.2, -0.15) is 0 Å². The molecule has 8 nitrogen and oxygen atoms in total. The summed E-state index contributed by atoms with van der Waals surface area (Å²) < 4.78 is 27.6. The Morgan fingerprint density at radius 2 is 1.74 bits per heavy atom. The largest absolute Gasteiger partial charge is 0.467 e. The Balaban J connectivity index is 1.38. The summed E-state index contributed by atoms with van der Waals surface area (Å²) in [6.45, 7) is 0.718. The Morgan fingerprint density at radius 3 is 2.33 bits per heavy atom. The van der Waals surface area contributed by atoms with Crippen LogP contribution in [0, 0.1) is 11.8 Å². The fourth-order valence-electron chi connectivity index (χ4n) is 2.80. The predicted octanol–water partition coefficient (Wildman–Crippen LogP) is 0.538. The van der Waals surface area contributed by atoms with Crippen LogP contribution < -0.4 is 15.8 Å². The molecule has 0 aliphatic heterocycles. The molecule has 1 fully saturated rings. The topological polar surface area (TPSA) is 132 Å². The van der Waals surface area contributed by atoms with Crippen LogP contribution in [0.25, 0.3) is 0 Å². The number of furan rings is 1. The van der Waals surface area contributed by atoms with Gasteiger partial charge in [-0.05, 0) is 42.7 Å². The summed E-state index contributed by atoms with van der Waals surface area (Å²) in [5.74, 6) is -0.224. The number of carbonyl (C=O) groups excluding carboxylic acids is 2. The van der Waals surface area contributed by atoms with Gasteiger partial charge in [0.05, 0.1) is 29.5 Å². The number of nitrogens with two attached hydrogens (primary N) is 1. The van der Waals surface area contributed by atoms with Crippen LogP contribution in [-0.4, -0.2) is 26.8 Å². The van der Waals surface area contributed by atoms with Crippen LogP contribution in [0.15, 0.2) is 52.0 Å². The average molecular weight is 391 g/mol. The van der Waals surface area contributed by atoms with Crippen LogP contribution >= 0.6 is 0 Å².